The summed E-state index contributed by atoms with van der Waals surface area (Å²) in [6.07, 6.45) is 3.80. The van der Waals surface area contributed by atoms with E-state index in [1.807, 2.05) is 0 Å². The molecule has 0 radical (unpaired) electrons. The summed E-state index contributed by atoms with van der Waals surface area (Å²) in [7, 11) is 0. The zero-order valence-electron chi connectivity index (χ0n) is 12.1. The van der Waals surface area contributed by atoms with Crippen LogP contribution in [0.15, 0.2) is 49.8 Å². The largest absolute Gasteiger partial charge is 0.421 e. The second-order valence-electron chi connectivity index (χ2n) is 4.96. The molecule has 0 saturated carbocycles. The highest BCUT2D eigenvalue weighted by Gasteiger charge is 2.07. The highest BCUT2D eigenvalue weighted by Crippen LogP contribution is 2.21. The number of hydrogen-bond donors (Lipinski definition) is 0. The fraction of sp³-hybridized carbons (Fsp3) is 0.0588. The van der Waals surface area contributed by atoms with E-state index in [9.17, 15) is 8.78 Å². The summed E-state index contributed by atoms with van der Waals surface area (Å²) in [4.78, 5) is 0. The van der Waals surface area contributed by atoms with Crippen molar-refractivity contribution in [3.63, 3.8) is 0 Å². The fourth-order valence-electron chi connectivity index (χ4n) is 2.03. The van der Waals surface area contributed by atoms with Gasteiger partial charge in [0.25, 0.3) is 0 Å². The molecule has 3 aromatic rings. The van der Waals surface area contributed by atoms with Crippen LogP contribution < -0.4 is 0 Å². The van der Waals surface area contributed by atoms with Crippen molar-refractivity contribution in [3.05, 3.63) is 79.9 Å². The van der Waals surface area contributed by atoms with Crippen molar-refractivity contribution in [1.82, 2.24) is 10.2 Å². The van der Waals surface area contributed by atoms with Gasteiger partial charge in [-0.1, -0.05) is 28.1 Å². The minimum atomic E-state index is -0.322. The van der Waals surface area contributed by atoms with Crippen LogP contribution in [-0.2, 0) is 6.42 Å². The topological polar surface area (TPSA) is 38.9 Å². The van der Waals surface area contributed by atoms with Crippen LogP contribution >= 0.6 is 31.9 Å². The molecular formula is C17H10Br2F2N2O. The summed E-state index contributed by atoms with van der Waals surface area (Å²) in [5, 5.41) is 7.90. The Balaban J connectivity index is 1.73. The van der Waals surface area contributed by atoms with Crippen molar-refractivity contribution in [2.24, 2.45) is 0 Å². The molecule has 0 spiro atoms. The highest BCUT2D eigenvalue weighted by atomic mass is 79.9. The molecule has 0 aliphatic heterocycles. The quantitative estimate of drug-likeness (QED) is 0.511. The van der Waals surface area contributed by atoms with E-state index in [-0.39, 0.29) is 11.6 Å². The number of hydrogen-bond acceptors (Lipinski definition) is 3. The normalized spacial score (nSPS) is 11.3. The minimum absolute atomic E-state index is 0.315. The molecule has 2 aromatic carbocycles. The van der Waals surface area contributed by atoms with E-state index in [1.54, 1.807) is 30.4 Å². The van der Waals surface area contributed by atoms with Gasteiger partial charge >= 0.3 is 0 Å². The van der Waals surface area contributed by atoms with E-state index < -0.39 is 0 Å². The summed E-state index contributed by atoms with van der Waals surface area (Å²) in [5.74, 6) is 0.121. The van der Waals surface area contributed by atoms with Crippen LogP contribution in [0.4, 0.5) is 8.78 Å². The average molecular weight is 456 g/mol. The van der Waals surface area contributed by atoms with Gasteiger partial charge in [-0.2, -0.15) is 0 Å². The molecule has 0 aliphatic rings. The van der Waals surface area contributed by atoms with Crippen LogP contribution in [0.3, 0.4) is 0 Å². The third-order valence-corrected chi connectivity index (χ3v) is 4.48. The average Bonchev–Trinajstić information content (AvgIpc) is 2.98. The summed E-state index contributed by atoms with van der Waals surface area (Å²) in [5.41, 5.74) is 1.64. The Hall–Kier alpha value is -1.86. The first kappa shape index (κ1) is 17.0. The SMILES string of the molecule is Fc1ccc(/C=C/c2nnc(Cc3ccc(F)c(Br)c3)o2)c(Br)c1. The predicted octanol–water partition coefficient (Wildman–Crippen LogP) is 5.63. The summed E-state index contributed by atoms with van der Waals surface area (Å²) >= 11 is 6.43. The molecule has 3 rings (SSSR count). The van der Waals surface area contributed by atoms with Gasteiger partial charge in [-0.3, -0.25) is 0 Å². The highest BCUT2D eigenvalue weighted by molar-refractivity contribution is 9.10. The molecule has 0 fully saturated rings. The van der Waals surface area contributed by atoms with E-state index in [4.69, 9.17) is 4.42 Å². The molecule has 1 heterocycles. The Morgan fingerprint density at radius 2 is 1.79 bits per heavy atom. The van der Waals surface area contributed by atoms with E-state index in [0.29, 0.717) is 27.1 Å². The molecule has 1 aromatic heterocycles. The standard InChI is InChI=1S/C17H10Br2F2N2O/c18-13-9-12(20)4-2-11(13)3-6-16-22-23-17(24-16)8-10-1-5-15(21)14(19)7-10/h1-7,9H,8H2/b6-3+. The maximum atomic E-state index is 13.2. The molecular weight excluding hydrogens is 446 g/mol. The third kappa shape index (κ3) is 4.15. The van der Waals surface area contributed by atoms with Crippen LogP contribution in [-0.4, -0.2) is 10.2 Å². The van der Waals surface area contributed by atoms with Gasteiger partial charge in [0.1, 0.15) is 11.6 Å². The first-order valence-electron chi connectivity index (χ1n) is 6.91. The van der Waals surface area contributed by atoms with E-state index in [1.165, 1.54) is 18.2 Å². The molecule has 0 atom stereocenters. The van der Waals surface area contributed by atoms with E-state index in [0.717, 1.165) is 11.1 Å². The Morgan fingerprint density at radius 3 is 2.54 bits per heavy atom. The lowest BCUT2D eigenvalue weighted by Gasteiger charge is -1.99. The maximum Gasteiger partial charge on any atom is 0.240 e. The smallest absolute Gasteiger partial charge is 0.240 e. The number of rotatable bonds is 4. The number of nitrogens with zero attached hydrogens (tertiary/aromatic N) is 2. The Bertz CT molecular complexity index is 909. The predicted molar refractivity (Wildman–Crippen MR) is 94.2 cm³/mol. The van der Waals surface area contributed by atoms with Crippen molar-refractivity contribution >= 4 is 44.0 Å². The number of halogens is 4. The summed E-state index contributed by atoms with van der Waals surface area (Å²) in [6, 6.07) is 9.10. The fourth-order valence-corrected chi connectivity index (χ4v) is 2.94. The second kappa shape index (κ2) is 7.36. The molecule has 0 amide bonds. The molecule has 122 valence electrons. The van der Waals surface area contributed by atoms with Gasteiger partial charge in [-0.25, -0.2) is 8.78 Å². The number of aromatic nitrogens is 2. The van der Waals surface area contributed by atoms with Crippen LogP contribution in [0.1, 0.15) is 22.9 Å². The van der Waals surface area contributed by atoms with Gasteiger partial charge in [0.05, 0.1) is 10.9 Å². The van der Waals surface area contributed by atoms with Crippen molar-refractivity contribution in [2.75, 3.05) is 0 Å². The Morgan fingerprint density at radius 1 is 0.958 bits per heavy atom. The third-order valence-electron chi connectivity index (χ3n) is 3.19. The van der Waals surface area contributed by atoms with Crippen molar-refractivity contribution in [3.8, 4) is 0 Å². The van der Waals surface area contributed by atoms with Crippen LogP contribution in [0.2, 0.25) is 0 Å². The van der Waals surface area contributed by atoms with Gasteiger partial charge in [0.15, 0.2) is 0 Å². The lowest BCUT2D eigenvalue weighted by Crippen LogP contribution is -1.89. The van der Waals surface area contributed by atoms with Crippen LogP contribution in [0.5, 0.6) is 0 Å². The molecule has 0 aliphatic carbocycles. The van der Waals surface area contributed by atoms with E-state index >= 15 is 0 Å². The first-order chi connectivity index (χ1) is 11.5. The zero-order chi connectivity index (χ0) is 17.1. The molecule has 3 nitrogen and oxygen atoms in total. The summed E-state index contributed by atoms with van der Waals surface area (Å²) < 4.78 is 32.8. The molecule has 0 N–H and O–H groups in total. The van der Waals surface area contributed by atoms with Crippen molar-refractivity contribution in [1.29, 1.82) is 0 Å². The molecule has 0 bridgehead atoms. The maximum absolute atomic E-state index is 13.2. The van der Waals surface area contributed by atoms with Gasteiger partial charge in [-0.15, -0.1) is 10.2 Å². The van der Waals surface area contributed by atoms with Gasteiger partial charge < -0.3 is 4.42 Å². The van der Waals surface area contributed by atoms with Crippen molar-refractivity contribution in [2.45, 2.75) is 6.42 Å². The van der Waals surface area contributed by atoms with Crippen LogP contribution in [0, 0.1) is 11.6 Å². The van der Waals surface area contributed by atoms with Gasteiger partial charge in [0, 0.05) is 10.5 Å². The van der Waals surface area contributed by atoms with E-state index in [2.05, 4.69) is 42.1 Å². The summed E-state index contributed by atoms with van der Waals surface area (Å²) in [6.45, 7) is 0. The lowest BCUT2D eigenvalue weighted by atomic mass is 10.1. The molecule has 0 unspecified atom stereocenters. The minimum Gasteiger partial charge on any atom is -0.421 e. The zero-order valence-corrected chi connectivity index (χ0v) is 15.3. The lowest BCUT2D eigenvalue weighted by molar-refractivity contribution is 0.496. The Kier molecular flexibility index (Phi) is 5.20. The number of benzene rings is 2. The monoisotopic (exact) mass is 454 g/mol. The Labute approximate surface area is 153 Å². The van der Waals surface area contributed by atoms with Crippen molar-refractivity contribution < 1.29 is 13.2 Å². The van der Waals surface area contributed by atoms with Gasteiger partial charge in [0.2, 0.25) is 11.8 Å². The molecule has 7 heteroatoms. The molecule has 0 saturated heterocycles. The van der Waals surface area contributed by atoms with Crippen LogP contribution in [0.25, 0.3) is 12.2 Å². The first-order valence-corrected chi connectivity index (χ1v) is 8.49. The molecule has 24 heavy (non-hydrogen) atoms. The van der Waals surface area contributed by atoms with Gasteiger partial charge in [-0.05, 0) is 57.4 Å². The second-order valence-corrected chi connectivity index (χ2v) is 6.67.